The fraction of sp³-hybridized carbons (Fsp3) is 0.562. The van der Waals surface area contributed by atoms with Gasteiger partial charge in [-0.3, -0.25) is 4.79 Å². The van der Waals surface area contributed by atoms with E-state index in [1.54, 1.807) is 0 Å². The van der Waals surface area contributed by atoms with Crippen molar-refractivity contribution in [1.82, 2.24) is 10.6 Å². The molecule has 1 unspecified atom stereocenters. The first-order valence-corrected chi connectivity index (χ1v) is 7.52. The van der Waals surface area contributed by atoms with Crippen molar-refractivity contribution in [1.29, 1.82) is 0 Å². The predicted molar refractivity (Wildman–Crippen MR) is 77.7 cm³/mol. The molecule has 3 rings (SSSR count). The molecule has 0 bridgehead atoms. The molecule has 1 saturated heterocycles. The quantitative estimate of drug-likeness (QED) is 0.874. The Labute approximate surface area is 119 Å². The molecule has 1 amide bonds. The average molecular weight is 274 g/mol. The molecule has 108 valence electrons. The summed E-state index contributed by atoms with van der Waals surface area (Å²) < 4.78 is 5.35. The number of nitrogens with one attached hydrogen (secondary N) is 2. The Kier molecular flexibility index (Phi) is 4.33. The fourth-order valence-corrected chi connectivity index (χ4v) is 3.04. The zero-order valence-electron chi connectivity index (χ0n) is 11.8. The van der Waals surface area contributed by atoms with Gasteiger partial charge in [0.2, 0.25) is 0 Å². The van der Waals surface area contributed by atoms with Crippen LogP contribution in [0.2, 0.25) is 0 Å². The van der Waals surface area contributed by atoms with E-state index in [1.807, 2.05) is 12.1 Å². The van der Waals surface area contributed by atoms with Crippen LogP contribution in [0, 0.1) is 5.92 Å². The molecule has 0 aliphatic carbocycles. The SMILES string of the molecule is O=C(NCCC1CCOC1)c1cccc2c1CCNC2. The molecule has 1 aromatic carbocycles. The van der Waals surface area contributed by atoms with Crippen LogP contribution in [0.1, 0.15) is 34.3 Å². The normalized spacial score (nSPS) is 21.5. The molecule has 2 heterocycles. The number of hydrogen-bond acceptors (Lipinski definition) is 3. The van der Waals surface area contributed by atoms with Gasteiger partial charge in [0.25, 0.3) is 5.91 Å². The molecule has 1 atom stereocenters. The van der Waals surface area contributed by atoms with Gasteiger partial charge in [-0.05, 0) is 48.9 Å². The van der Waals surface area contributed by atoms with E-state index in [4.69, 9.17) is 4.74 Å². The van der Waals surface area contributed by atoms with Crippen molar-refractivity contribution in [3.05, 3.63) is 34.9 Å². The molecule has 1 aromatic rings. The van der Waals surface area contributed by atoms with Crippen LogP contribution in [0.25, 0.3) is 0 Å². The monoisotopic (exact) mass is 274 g/mol. The minimum absolute atomic E-state index is 0.0719. The highest BCUT2D eigenvalue weighted by molar-refractivity contribution is 5.96. The third-order valence-electron chi connectivity index (χ3n) is 4.25. The summed E-state index contributed by atoms with van der Waals surface area (Å²) in [6.07, 6.45) is 3.08. The predicted octanol–water partition coefficient (Wildman–Crippen LogP) is 1.49. The van der Waals surface area contributed by atoms with Crippen molar-refractivity contribution in [3.63, 3.8) is 0 Å². The van der Waals surface area contributed by atoms with Gasteiger partial charge >= 0.3 is 0 Å². The zero-order chi connectivity index (χ0) is 13.8. The second kappa shape index (κ2) is 6.37. The Morgan fingerprint density at radius 3 is 3.25 bits per heavy atom. The van der Waals surface area contributed by atoms with Crippen molar-refractivity contribution in [2.45, 2.75) is 25.8 Å². The minimum atomic E-state index is 0.0719. The van der Waals surface area contributed by atoms with E-state index in [9.17, 15) is 4.79 Å². The Bertz CT molecular complexity index is 481. The maximum atomic E-state index is 12.3. The Hall–Kier alpha value is -1.39. The van der Waals surface area contributed by atoms with Crippen LogP contribution in [0.3, 0.4) is 0 Å². The number of carbonyl (C=O) groups excluding carboxylic acids is 1. The summed E-state index contributed by atoms with van der Waals surface area (Å²) in [6.45, 7) is 4.29. The van der Waals surface area contributed by atoms with Gasteiger partial charge in [0.05, 0.1) is 0 Å². The number of rotatable bonds is 4. The summed E-state index contributed by atoms with van der Waals surface area (Å²) in [4.78, 5) is 12.3. The molecule has 1 fully saturated rings. The molecule has 0 aromatic heterocycles. The minimum Gasteiger partial charge on any atom is -0.381 e. The van der Waals surface area contributed by atoms with Crippen molar-refractivity contribution in [3.8, 4) is 0 Å². The van der Waals surface area contributed by atoms with E-state index in [2.05, 4.69) is 16.7 Å². The van der Waals surface area contributed by atoms with Gasteiger partial charge in [0, 0.05) is 31.9 Å². The third kappa shape index (κ3) is 3.02. The van der Waals surface area contributed by atoms with Crippen LogP contribution in [-0.4, -0.2) is 32.2 Å². The molecule has 2 aliphatic heterocycles. The topological polar surface area (TPSA) is 50.4 Å². The van der Waals surface area contributed by atoms with E-state index < -0.39 is 0 Å². The van der Waals surface area contributed by atoms with E-state index in [-0.39, 0.29) is 5.91 Å². The summed E-state index contributed by atoms with van der Waals surface area (Å²) in [6, 6.07) is 6.03. The number of ether oxygens (including phenoxy) is 1. The van der Waals surface area contributed by atoms with Crippen molar-refractivity contribution in [2.75, 3.05) is 26.3 Å². The molecular weight excluding hydrogens is 252 g/mol. The summed E-state index contributed by atoms with van der Waals surface area (Å²) in [5, 5.41) is 6.40. The fourth-order valence-electron chi connectivity index (χ4n) is 3.04. The highest BCUT2D eigenvalue weighted by Crippen LogP contribution is 2.19. The first-order valence-electron chi connectivity index (χ1n) is 7.52. The smallest absolute Gasteiger partial charge is 0.251 e. The van der Waals surface area contributed by atoms with Crippen LogP contribution in [0.4, 0.5) is 0 Å². The maximum Gasteiger partial charge on any atom is 0.251 e. The molecule has 0 radical (unpaired) electrons. The van der Waals surface area contributed by atoms with Crippen molar-refractivity contribution in [2.24, 2.45) is 5.92 Å². The molecule has 2 aliphatic rings. The highest BCUT2D eigenvalue weighted by atomic mass is 16.5. The van der Waals surface area contributed by atoms with Gasteiger partial charge in [0.15, 0.2) is 0 Å². The summed E-state index contributed by atoms with van der Waals surface area (Å²) >= 11 is 0. The molecule has 0 saturated carbocycles. The zero-order valence-corrected chi connectivity index (χ0v) is 11.8. The Morgan fingerprint density at radius 2 is 2.40 bits per heavy atom. The van der Waals surface area contributed by atoms with Gasteiger partial charge in [-0.15, -0.1) is 0 Å². The van der Waals surface area contributed by atoms with Gasteiger partial charge in [-0.2, -0.15) is 0 Å². The van der Waals surface area contributed by atoms with Crippen LogP contribution in [0.5, 0.6) is 0 Å². The van der Waals surface area contributed by atoms with Crippen LogP contribution < -0.4 is 10.6 Å². The van der Waals surface area contributed by atoms with Crippen molar-refractivity contribution >= 4 is 5.91 Å². The third-order valence-corrected chi connectivity index (χ3v) is 4.25. The number of benzene rings is 1. The maximum absolute atomic E-state index is 12.3. The number of fused-ring (bicyclic) bond motifs is 1. The standard InChI is InChI=1S/C16H22N2O2/c19-16(18-8-4-12-6-9-20-11-12)15-3-1-2-13-10-17-7-5-14(13)15/h1-3,12,17H,4-11H2,(H,18,19). The number of hydrogen-bond donors (Lipinski definition) is 2. The molecule has 4 heteroatoms. The molecule has 20 heavy (non-hydrogen) atoms. The second-order valence-corrected chi connectivity index (χ2v) is 5.64. The number of amides is 1. The van der Waals surface area contributed by atoms with E-state index in [0.717, 1.165) is 57.7 Å². The lowest BCUT2D eigenvalue weighted by Crippen LogP contribution is -2.30. The highest BCUT2D eigenvalue weighted by Gasteiger charge is 2.18. The summed E-state index contributed by atoms with van der Waals surface area (Å²) in [7, 11) is 0. The lowest BCUT2D eigenvalue weighted by atomic mass is 9.95. The molecule has 4 nitrogen and oxygen atoms in total. The molecule has 0 spiro atoms. The summed E-state index contributed by atoms with van der Waals surface area (Å²) in [5.41, 5.74) is 3.33. The lowest BCUT2D eigenvalue weighted by Gasteiger charge is -2.20. The Morgan fingerprint density at radius 1 is 1.45 bits per heavy atom. The Balaban J connectivity index is 1.59. The van der Waals surface area contributed by atoms with E-state index in [0.29, 0.717) is 5.92 Å². The van der Waals surface area contributed by atoms with Crippen LogP contribution >= 0.6 is 0 Å². The average Bonchev–Trinajstić information content (AvgIpc) is 3.00. The van der Waals surface area contributed by atoms with Gasteiger partial charge < -0.3 is 15.4 Å². The first kappa shape index (κ1) is 13.6. The second-order valence-electron chi connectivity index (χ2n) is 5.64. The van der Waals surface area contributed by atoms with Crippen LogP contribution in [0.15, 0.2) is 18.2 Å². The lowest BCUT2D eigenvalue weighted by molar-refractivity contribution is 0.0949. The van der Waals surface area contributed by atoms with E-state index in [1.165, 1.54) is 11.1 Å². The number of carbonyl (C=O) groups is 1. The van der Waals surface area contributed by atoms with Gasteiger partial charge in [-0.1, -0.05) is 12.1 Å². The van der Waals surface area contributed by atoms with Crippen LogP contribution in [-0.2, 0) is 17.7 Å². The van der Waals surface area contributed by atoms with E-state index >= 15 is 0 Å². The first-order chi connectivity index (χ1) is 9.84. The molecular formula is C16H22N2O2. The van der Waals surface area contributed by atoms with Gasteiger partial charge in [0.1, 0.15) is 0 Å². The van der Waals surface area contributed by atoms with Gasteiger partial charge in [-0.25, -0.2) is 0 Å². The van der Waals surface area contributed by atoms with Crippen molar-refractivity contribution < 1.29 is 9.53 Å². The largest absolute Gasteiger partial charge is 0.381 e. The molecule has 2 N–H and O–H groups in total. The summed E-state index contributed by atoms with van der Waals surface area (Å²) in [5.74, 6) is 0.687.